The van der Waals surface area contributed by atoms with Crippen molar-refractivity contribution in [2.24, 2.45) is 0 Å². The van der Waals surface area contributed by atoms with Gasteiger partial charge >= 0.3 is 0 Å². The molecule has 0 aliphatic carbocycles. The standard InChI is InChI=1S/C22H25N3O4/c1-3-20(26)25(2)18-8-5-4-7-17(18)21(27)23-15-10-12-16(13-11-15)24-22(28)19-9-6-14-29-19/h4-5,7-8,10-13,19H,3,6,9,14H2,1-2H3,(H,23,27)(H,24,28). The van der Waals surface area contributed by atoms with Crippen LogP contribution >= 0.6 is 0 Å². The van der Waals surface area contributed by atoms with Crippen molar-refractivity contribution in [1.82, 2.24) is 0 Å². The first-order chi connectivity index (χ1) is 14.0. The molecule has 2 aromatic rings. The van der Waals surface area contributed by atoms with Gasteiger partial charge in [0.15, 0.2) is 0 Å². The van der Waals surface area contributed by atoms with Crippen molar-refractivity contribution >= 4 is 34.8 Å². The van der Waals surface area contributed by atoms with Gasteiger partial charge in [0.05, 0.1) is 11.3 Å². The molecule has 1 unspecified atom stereocenters. The van der Waals surface area contributed by atoms with Crippen molar-refractivity contribution in [3.05, 3.63) is 54.1 Å². The third-order valence-electron chi connectivity index (χ3n) is 4.82. The Morgan fingerprint density at radius 1 is 1.03 bits per heavy atom. The first-order valence-corrected chi connectivity index (χ1v) is 9.69. The fraction of sp³-hybridized carbons (Fsp3) is 0.318. The van der Waals surface area contributed by atoms with Gasteiger partial charge in [0.25, 0.3) is 11.8 Å². The minimum Gasteiger partial charge on any atom is -0.368 e. The van der Waals surface area contributed by atoms with E-state index in [-0.39, 0.29) is 17.7 Å². The molecule has 0 radical (unpaired) electrons. The van der Waals surface area contributed by atoms with E-state index in [0.717, 1.165) is 12.8 Å². The van der Waals surface area contributed by atoms with E-state index in [2.05, 4.69) is 10.6 Å². The average molecular weight is 395 g/mol. The van der Waals surface area contributed by atoms with Crippen LogP contribution in [-0.2, 0) is 14.3 Å². The Kier molecular flexibility index (Phi) is 6.61. The Morgan fingerprint density at radius 3 is 2.31 bits per heavy atom. The number of carbonyl (C=O) groups excluding carboxylic acids is 3. The molecule has 1 saturated heterocycles. The van der Waals surface area contributed by atoms with E-state index in [0.29, 0.717) is 35.7 Å². The maximum Gasteiger partial charge on any atom is 0.257 e. The number of carbonyl (C=O) groups is 3. The molecule has 29 heavy (non-hydrogen) atoms. The Labute approximate surface area is 170 Å². The van der Waals surface area contributed by atoms with Crippen molar-refractivity contribution in [2.45, 2.75) is 32.3 Å². The highest BCUT2D eigenvalue weighted by molar-refractivity contribution is 6.10. The molecule has 152 valence electrons. The third kappa shape index (κ3) is 5.00. The monoisotopic (exact) mass is 395 g/mol. The highest BCUT2D eigenvalue weighted by Crippen LogP contribution is 2.22. The maximum atomic E-state index is 12.8. The summed E-state index contributed by atoms with van der Waals surface area (Å²) in [6.45, 7) is 2.39. The largest absolute Gasteiger partial charge is 0.368 e. The molecular weight excluding hydrogens is 370 g/mol. The van der Waals surface area contributed by atoms with E-state index in [4.69, 9.17) is 4.74 Å². The van der Waals surface area contributed by atoms with Crippen LogP contribution < -0.4 is 15.5 Å². The van der Waals surface area contributed by atoms with Crippen LogP contribution in [0, 0.1) is 0 Å². The first-order valence-electron chi connectivity index (χ1n) is 9.69. The van der Waals surface area contributed by atoms with Gasteiger partial charge in [0, 0.05) is 31.5 Å². The number of para-hydroxylation sites is 1. The van der Waals surface area contributed by atoms with Gasteiger partial charge in [-0.25, -0.2) is 0 Å². The summed E-state index contributed by atoms with van der Waals surface area (Å²) in [4.78, 5) is 38.4. The average Bonchev–Trinajstić information content (AvgIpc) is 3.29. The molecule has 2 N–H and O–H groups in total. The molecular formula is C22H25N3O4. The number of hydrogen-bond acceptors (Lipinski definition) is 4. The quantitative estimate of drug-likeness (QED) is 0.784. The lowest BCUT2D eigenvalue weighted by Crippen LogP contribution is -2.28. The zero-order valence-electron chi connectivity index (χ0n) is 16.6. The van der Waals surface area contributed by atoms with Gasteiger partial charge in [0.2, 0.25) is 5.91 Å². The Hall–Kier alpha value is -3.19. The second-order valence-corrected chi connectivity index (χ2v) is 6.85. The molecule has 7 nitrogen and oxygen atoms in total. The zero-order chi connectivity index (χ0) is 20.8. The molecule has 1 atom stereocenters. The molecule has 0 aromatic heterocycles. The van der Waals surface area contributed by atoms with Gasteiger partial charge in [-0.15, -0.1) is 0 Å². The minimum atomic E-state index is -0.395. The second-order valence-electron chi connectivity index (χ2n) is 6.85. The number of ether oxygens (including phenoxy) is 1. The first kappa shape index (κ1) is 20.5. The third-order valence-corrected chi connectivity index (χ3v) is 4.82. The van der Waals surface area contributed by atoms with Gasteiger partial charge in [-0.1, -0.05) is 19.1 Å². The molecule has 0 spiro atoms. The van der Waals surface area contributed by atoms with Crippen molar-refractivity contribution in [3.8, 4) is 0 Å². The lowest BCUT2D eigenvalue weighted by molar-refractivity contribution is -0.124. The van der Waals surface area contributed by atoms with Crippen LogP contribution in [-0.4, -0.2) is 37.5 Å². The summed E-state index contributed by atoms with van der Waals surface area (Å²) >= 11 is 0. The molecule has 1 aliphatic rings. The number of benzene rings is 2. The number of nitrogens with zero attached hydrogens (tertiary/aromatic N) is 1. The van der Waals surface area contributed by atoms with Gasteiger partial charge in [-0.2, -0.15) is 0 Å². The predicted molar refractivity (Wildman–Crippen MR) is 112 cm³/mol. The summed E-state index contributed by atoms with van der Waals surface area (Å²) in [5, 5.41) is 5.65. The van der Waals surface area contributed by atoms with Crippen LogP contribution in [0.5, 0.6) is 0 Å². The second kappa shape index (κ2) is 9.34. The smallest absolute Gasteiger partial charge is 0.257 e. The van der Waals surface area contributed by atoms with Crippen LogP contribution in [0.2, 0.25) is 0 Å². The fourth-order valence-electron chi connectivity index (χ4n) is 3.17. The number of anilines is 3. The van der Waals surface area contributed by atoms with Crippen LogP contribution in [0.3, 0.4) is 0 Å². The van der Waals surface area contributed by atoms with Crippen molar-refractivity contribution in [2.75, 3.05) is 29.2 Å². The topological polar surface area (TPSA) is 87.7 Å². The van der Waals surface area contributed by atoms with Gasteiger partial charge in [0.1, 0.15) is 6.10 Å². The number of rotatable bonds is 6. The van der Waals surface area contributed by atoms with Crippen molar-refractivity contribution in [3.63, 3.8) is 0 Å². The molecule has 2 aromatic carbocycles. The van der Waals surface area contributed by atoms with E-state index in [1.807, 2.05) is 0 Å². The zero-order valence-corrected chi connectivity index (χ0v) is 16.6. The van der Waals surface area contributed by atoms with E-state index in [1.165, 1.54) is 4.90 Å². The Morgan fingerprint density at radius 2 is 1.69 bits per heavy atom. The lowest BCUT2D eigenvalue weighted by atomic mass is 10.1. The van der Waals surface area contributed by atoms with Gasteiger partial charge in [-0.3, -0.25) is 14.4 Å². The number of hydrogen-bond donors (Lipinski definition) is 2. The summed E-state index contributed by atoms with van der Waals surface area (Å²) in [5.41, 5.74) is 2.19. The van der Waals surface area contributed by atoms with Crippen LogP contribution in [0.4, 0.5) is 17.1 Å². The number of nitrogens with one attached hydrogen (secondary N) is 2. The highest BCUT2D eigenvalue weighted by Gasteiger charge is 2.23. The Balaban J connectivity index is 1.67. The van der Waals surface area contributed by atoms with E-state index in [9.17, 15) is 14.4 Å². The van der Waals surface area contributed by atoms with Crippen LogP contribution in [0.1, 0.15) is 36.5 Å². The summed E-state index contributed by atoms with van der Waals surface area (Å²) in [5.74, 6) is -0.541. The molecule has 0 bridgehead atoms. The summed E-state index contributed by atoms with van der Waals surface area (Å²) in [7, 11) is 1.66. The molecule has 0 saturated carbocycles. The molecule has 3 rings (SSSR count). The van der Waals surface area contributed by atoms with E-state index in [1.54, 1.807) is 62.5 Å². The van der Waals surface area contributed by atoms with Crippen LogP contribution in [0.15, 0.2) is 48.5 Å². The van der Waals surface area contributed by atoms with Crippen LogP contribution in [0.25, 0.3) is 0 Å². The van der Waals surface area contributed by atoms with Gasteiger partial charge < -0.3 is 20.3 Å². The predicted octanol–water partition coefficient (Wildman–Crippen LogP) is 3.43. The molecule has 1 heterocycles. The lowest BCUT2D eigenvalue weighted by Gasteiger charge is -2.20. The fourth-order valence-corrected chi connectivity index (χ4v) is 3.17. The highest BCUT2D eigenvalue weighted by atomic mass is 16.5. The van der Waals surface area contributed by atoms with Crippen molar-refractivity contribution in [1.29, 1.82) is 0 Å². The van der Waals surface area contributed by atoms with E-state index >= 15 is 0 Å². The molecule has 7 heteroatoms. The maximum absolute atomic E-state index is 12.8. The summed E-state index contributed by atoms with van der Waals surface area (Å²) in [6.07, 6.45) is 1.58. The van der Waals surface area contributed by atoms with Crippen molar-refractivity contribution < 1.29 is 19.1 Å². The minimum absolute atomic E-state index is 0.0726. The SMILES string of the molecule is CCC(=O)N(C)c1ccccc1C(=O)Nc1ccc(NC(=O)C2CCCO2)cc1. The van der Waals surface area contributed by atoms with E-state index < -0.39 is 6.10 Å². The van der Waals surface area contributed by atoms with Gasteiger partial charge in [-0.05, 0) is 49.2 Å². The number of amides is 3. The molecule has 1 aliphatic heterocycles. The summed E-state index contributed by atoms with van der Waals surface area (Å²) < 4.78 is 5.37. The normalized spacial score (nSPS) is 15.6. The molecule has 1 fully saturated rings. The Bertz CT molecular complexity index is 889. The molecule has 3 amide bonds. The summed E-state index contributed by atoms with van der Waals surface area (Å²) in [6, 6.07) is 13.8.